The van der Waals surface area contributed by atoms with E-state index in [1.807, 2.05) is 12.1 Å². The van der Waals surface area contributed by atoms with E-state index >= 15 is 0 Å². The van der Waals surface area contributed by atoms with Crippen LogP contribution in [0.25, 0.3) is 0 Å². The molecule has 0 aliphatic carbocycles. The summed E-state index contributed by atoms with van der Waals surface area (Å²) in [5, 5.41) is 3.29. The third kappa shape index (κ3) is 3.11. The first-order valence-corrected chi connectivity index (χ1v) is 4.79. The zero-order valence-electron chi connectivity index (χ0n) is 8.30. The molecule has 0 aliphatic rings. The first-order chi connectivity index (χ1) is 7.45. The predicted octanol–water partition coefficient (Wildman–Crippen LogP) is 1.16. The number of nitrogens with one attached hydrogen (secondary N) is 1. The number of nitrogens with zero attached hydrogens (tertiary/aromatic N) is 3. The summed E-state index contributed by atoms with van der Waals surface area (Å²) in [4.78, 5) is 12.1. The monoisotopic (exact) mass is 200 g/mol. The lowest BCUT2D eigenvalue weighted by Gasteiger charge is -2.03. The van der Waals surface area contributed by atoms with Crippen LogP contribution in [-0.2, 0) is 13.1 Å². The average Bonchev–Trinajstić information content (AvgIpc) is 2.32. The Balaban J connectivity index is 1.81. The molecular weight excluding hydrogens is 188 g/mol. The lowest BCUT2D eigenvalue weighted by Crippen LogP contribution is -2.13. The van der Waals surface area contributed by atoms with Gasteiger partial charge in [0.25, 0.3) is 0 Å². The van der Waals surface area contributed by atoms with Gasteiger partial charge in [0.05, 0.1) is 5.69 Å². The second kappa shape index (κ2) is 5.17. The number of aromatic nitrogens is 3. The highest BCUT2D eigenvalue weighted by molar-refractivity contribution is 5.09. The van der Waals surface area contributed by atoms with E-state index in [1.165, 1.54) is 5.56 Å². The zero-order chi connectivity index (χ0) is 10.3. The second-order valence-corrected chi connectivity index (χ2v) is 3.16. The molecule has 0 spiro atoms. The van der Waals surface area contributed by atoms with Gasteiger partial charge in [0.2, 0.25) is 0 Å². The van der Waals surface area contributed by atoms with Crippen LogP contribution in [0.1, 0.15) is 11.3 Å². The summed E-state index contributed by atoms with van der Waals surface area (Å²) in [6.45, 7) is 1.55. The summed E-state index contributed by atoms with van der Waals surface area (Å²) >= 11 is 0. The van der Waals surface area contributed by atoms with Gasteiger partial charge in [0, 0.05) is 44.1 Å². The largest absolute Gasteiger partial charge is 0.307 e. The first kappa shape index (κ1) is 9.73. The molecule has 0 bridgehead atoms. The molecule has 0 saturated heterocycles. The highest BCUT2D eigenvalue weighted by atomic mass is 14.9. The van der Waals surface area contributed by atoms with Crippen molar-refractivity contribution < 1.29 is 0 Å². The van der Waals surface area contributed by atoms with Crippen molar-refractivity contribution in [1.29, 1.82) is 0 Å². The molecule has 0 radical (unpaired) electrons. The average molecular weight is 200 g/mol. The second-order valence-electron chi connectivity index (χ2n) is 3.16. The van der Waals surface area contributed by atoms with E-state index in [1.54, 1.807) is 31.0 Å². The van der Waals surface area contributed by atoms with Crippen LogP contribution < -0.4 is 5.32 Å². The highest BCUT2D eigenvalue weighted by Gasteiger charge is 1.93. The summed E-state index contributed by atoms with van der Waals surface area (Å²) < 4.78 is 0. The molecule has 0 unspecified atom stereocenters. The lowest BCUT2D eigenvalue weighted by atomic mass is 10.3. The van der Waals surface area contributed by atoms with Crippen molar-refractivity contribution in [1.82, 2.24) is 20.3 Å². The molecule has 2 heterocycles. The minimum absolute atomic E-state index is 0.732. The number of rotatable bonds is 4. The minimum atomic E-state index is 0.732. The third-order valence-electron chi connectivity index (χ3n) is 2.00. The molecule has 2 aromatic heterocycles. The van der Waals surface area contributed by atoms with E-state index in [-0.39, 0.29) is 0 Å². The maximum absolute atomic E-state index is 4.17. The van der Waals surface area contributed by atoms with Crippen molar-refractivity contribution in [2.75, 3.05) is 0 Å². The van der Waals surface area contributed by atoms with Gasteiger partial charge in [-0.2, -0.15) is 0 Å². The summed E-state index contributed by atoms with van der Waals surface area (Å²) in [5.74, 6) is 0. The quantitative estimate of drug-likeness (QED) is 0.804. The van der Waals surface area contributed by atoms with Gasteiger partial charge in [-0.1, -0.05) is 0 Å². The molecule has 0 aliphatic heterocycles. The van der Waals surface area contributed by atoms with E-state index in [4.69, 9.17) is 0 Å². The summed E-state index contributed by atoms with van der Waals surface area (Å²) in [6, 6.07) is 3.98. The molecule has 0 saturated carbocycles. The van der Waals surface area contributed by atoms with Crippen LogP contribution in [0, 0.1) is 0 Å². The van der Waals surface area contributed by atoms with Crippen LogP contribution in [-0.4, -0.2) is 15.0 Å². The van der Waals surface area contributed by atoms with Crippen LogP contribution in [0.4, 0.5) is 0 Å². The van der Waals surface area contributed by atoms with Crippen molar-refractivity contribution in [3.63, 3.8) is 0 Å². The summed E-state index contributed by atoms with van der Waals surface area (Å²) in [5.41, 5.74) is 2.17. The van der Waals surface area contributed by atoms with Crippen LogP contribution in [0.15, 0.2) is 43.1 Å². The summed E-state index contributed by atoms with van der Waals surface area (Å²) in [6.07, 6.45) is 8.72. The van der Waals surface area contributed by atoms with Crippen LogP contribution in [0.3, 0.4) is 0 Å². The maximum Gasteiger partial charge on any atom is 0.0724 e. The number of pyridine rings is 1. The van der Waals surface area contributed by atoms with Crippen LogP contribution in [0.5, 0.6) is 0 Å². The molecular formula is C11H12N4. The van der Waals surface area contributed by atoms with Crippen molar-refractivity contribution in [2.24, 2.45) is 0 Å². The molecule has 4 heteroatoms. The molecule has 4 nitrogen and oxygen atoms in total. The highest BCUT2D eigenvalue weighted by Crippen LogP contribution is 1.96. The Morgan fingerprint density at radius 3 is 2.53 bits per heavy atom. The normalized spacial score (nSPS) is 10.1. The van der Waals surface area contributed by atoms with Crippen molar-refractivity contribution in [2.45, 2.75) is 13.1 Å². The minimum Gasteiger partial charge on any atom is -0.307 e. The Kier molecular flexibility index (Phi) is 3.35. The van der Waals surface area contributed by atoms with Crippen LogP contribution >= 0.6 is 0 Å². The Bertz CT molecular complexity index is 348. The topological polar surface area (TPSA) is 50.7 Å². The fourth-order valence-electron chi connectivity index (χ4n) is 1.26. The van der Waals surface area contributed by atoms with Gasteiger partial charge in [0.1, 0.15) is 0 Å². The lowest BCUT2D eigenvalue weighted by molar-refractivity contribution is 0.676. The fourth-order valence-corrected chi connectivity index (χ4v) is 1.26. The standard InChI is InChI=1S/C11H12N4/c1-3-12-4-2-10(1)7-14-9-11-8-13-5-6-15-11/h1-6,8,14H,7,9H2. The van der Waals surface area contributed by atoms with E-state index in [2.05, 4.69) is 20.3 Å². The maximum atomic E-state index is 4.17. The smallest absolute Gasteiger partial charge is 0.0724 e. The molecule has 1 N–H and O–H groups in total. The van der Waals surface area contributed by atoms with Crippen LogP contribution in [0.2, 0.25) is 0 Å². The molecule has 0 atom stereocenters. The Labute approximate surface area is 88.4 Å². The first-order valence-electron chi connectivity index (χ1n) is 4.79. The van der Waals surface area contributed by atoms with Gasteiger partial charge in [-0.15, -0.1) is 0 Å². The predicted molar refractivity (Wildman–Crippen MR) is 56.8 cm³/mol. The van der Waals surface area contributed by atoms with E-state index < -0.39 is 0 Å². The molecule has 2 rings (SSSR count). The fraction of sp³-hybridized carbons (Fsp3) is 0.182. The third-order valence-corrected chi connectivity index (χ3v) is 2.00. The van der Waals surface area contributed by atoms with Gasteiger partial charge in [0.15, 0.2) is 0 Å². The molecule has 15 heavy (non-hydrogen) atoms. The van der Waals surface area contributed by atoms with E-state index in [0.717, 1.165) is 18.8 Å². The van der Waals surface area contributed by atoms with Crippen molar-refractivity contribution >= 4 is 0 Å². The Hall–Kier alpha value is -1.81. The Morgan fingerprint density at radius 1 is 0.933 bits per heavy atom. The van der Waals surface area contributed by atoms with Gasteiger partial charge in [-0.05, 0) is 17.7 Å². The molecule has 0 amide bonds. The molecule has 0 fully saturated rings. The van der Waals surface area contributed by atoms with Gasteiger partial charge < -0.3 is 5.32 Å². The van der Waals surface area contributed by atoms with Crippen molar-refractivity contribution in [3.8, 4) is 0 Å². The van der Waals surface area contributed by atoms with Gasteiger partial charge in [-0.3, -0.25) is 15.0 Å². The molecule has 76 valence electrons. The Morgan fingerprint density at radius 2 is 1.80 bits per heavy atom. The molecule has 2 aromatic rings. The zero-order valence-corrected chi connectivity index (χ0v) is 8.30. The van der Waals surface area contributed by atoms with E-state index in [0.29, 0.717) is 0 Å². The summed E-state index contributed by atoms with van der Waals surface area (Å²) in [7, 11) is 0. The van der Waals surface area contributed by atoms with Crippen molar-refractivity contribution in [3.05, 3.63) is 54.4 Å². The molecule has 0 aromatic carbocycles. The van der Waals surface area contributed by atoms with Gasteiger partial charge in [-0.25, -0.2) is 0 Å². The number of hydrogen-bond acceptors (Lipinski definition) is 4. The SMILES string of the molecule is c1cc(CNCc2cnccn2)ccn1. The van der Waals surface area contributed by atoms with E-state index in [9.17, 15) is 0 Å². The van der Waals surface area contributed by atoms with Gasteiger partial charge >= 0.3 is 0 Å². The number of hydrogen-bond donors (Lipinski definition) is 1.